The number of nitrogens with zero attached hydrogens (tertiary/aromatic N) is 3. The lowest BCUT2D eigenvalue weighted by atomic mass is 10.1. The van der Waals surface area contributed by atoms with E-state index in [0.29, 0.717) is 36.4 Å². The van der Waals surface area contributed by atoms with Gasteiger partial charge in [0, 0.05) is 25.1 Å². The predicted octanol–water partition coefficient (Wildman–Crippen LogP) is 3.55. The first-order valence-corrected chi connectivity index (χ1v) is 10.5. The molecule has 0 unspecified atom stereocenters. The molecule has 8 heteroatoms. The van der Waals surface area contributed by atoms with Gasteiger partial charge in [-0.05, 0) is 25.7 Å². The molecule has 0 spiro atoms. The van der Waals surface area contributed by atoms with Crippen LogP contribution in [0.3, 0.4) is 0 Å². The van der Waals surface area contributed by atoms with E-state index < -0.39 is 10.0 Å². The first-order chi connectivity index (χ1) is 12.1. The van der Waals surface area contributed by atoms with Crippen molar-refractivity contribution in [2.45, 2.75) is 62.4 Å². The Morgan fingerprint density at radius 1 is 1.00 bits per heavy atom. The van der Waals surface area contributed by atoms with E-state index in [1.54, 1.807) is 0 Å². The molecule has 0 radical (unpaired) electrons. The summed E-state index contributed by atoms with van der Waals surface area (Å²) in [6.07, 6.45) is 9.82. The van der Waals surface area contributed by atoms with Gasteiger partial charge in [0.25, 0.3) is 15.9 Å². The maximum Gasteiger partial charge on any atom is 0.276 e. The molecule has 136 valence electrons. The smallest absolute Gasteiger partial charge is 0.276 e. The molecule has 3 heterocycles. The Balaban J connectivity index is 1.55. The number of rotatable bonds is 4. The Morgan fingerprint density at radius 3 is 2.44 bits per heavy atom. The highest BCUT2D eigenvalue weighted by atomic mass is 32.2. The maximum absolute atomic E-state index is 12.8. The molecule has 0 bridgehead atoms. The van der Waals surface area contributed by atoms with E-state index in [2.05, 4.69) is 10.2 Å². The highest BCUT2D eigenvalue weighted by Crippen LogP contribution is 2.35. The van der Waals surface area contributed by atoms with Crippen LogP contribution in [0, 0.1) is 0 Å². The Hall–Kier alpha value is -1.67. The van der Waals surface area contributed by atoms with Crippen LogP contribution in [0.5, 0.6) is 0 Å². The second-order valence-corrected chi connectivity index (χ2v) is 8.77. The Labute approximate surface area is 147 Å². The third kappa shape index (κ3) is 3.37. The molecule has 1 saturated heterocycles. The molecule has 2 aromatic heterocycles. The zero-order valence-corrected chi connectivity index (χ0v) is 15.0. The third-order valence-corrected chi connectivity index (χ3v) is 6.89. The van der Waals surface area contributed by atoms with Crippen molar-refractivity contribution in [2.75, 3.05) is 13.1 Å². The number of aromatic nitrogens is 2. The lowest BCUT2D eigenvalue weighted by Gasteiger charge is -2.17. The molecule has 25 heavy (non-hydrogen) atoms. The summed E-state index contributed by atoms with van der Waals surface area (Å²) < 4.78 is 38.2. The van der Waals surface area contributed by atoms with Crippen LogP contribution >= 0.6 is 0 Å². The summed E-state index contributed by atoms with van der Waals surface area (Å²) in [4.78, 5) is 0. The van der Waals surface area contributed by atoms with Gasteiger partial charge < -0.3 is 8.83 Å². The molecule has 4 rings (SSSR count). The molecule has 0 aromatic carbocycles. The molecule has 0 N–H and O–H groups in total. The van der Waals surface area contributed by atoms with Gasteiger partial charge in [0.2, 0.25) is 11.0 Å². The molecule has 1 aliphatic carbocycles. The van der Waals surface area contributed by atoms with E-state index in [0.717, 1.165) is 38.5 Å². The standard InChI is InChI=1S/C17H23N3O4S/c21-25(22,20-9-5-1-2-6-10-20)15-11-14(12-23-15)17-19-18-16(24-17)13-7-3-4-8-13/h11-13H,1-10H2. The van der Waals surface area contributed by atoms with Crippen molar-refractivity contribution in [2.24, 2.45) is 0 Å². The summed E-state index contributed by atoms with van der Waals surface area (Å²) in [7, 11) is -3.60. The molecule has 0 amide bonds. The van der Waals surface area contributed by atoms with Gasteiger partial charge in [-0.3, -0.25) is 0 Å². The maximum atomic E-state index is 12.8. The summed E-state index contributed by atoms with van der Waals surface area (Å²) in [5, 5.41) is 8.15. The molecule has 2 fully saturated rings. The average Bonchev–Trinajstić information content (AvgIpc) is 3.31. The van der Waals surface area contributed by atoms with Crippen LogP contribution in [0.2, 0.25) is 0 Å². The van der Waals surface area contributed by atoms with Crippen molar-refractivity contribution >= 4 is 10.0 Å². The summed E-state index contributed by atoms with van der Waals surface area (Å²) in [5.74, 6) is 1.29. The zero-order chi connectivity index (χ0) is 17.3. The summed E-state index contributed by atoms with van der Waals surface area (Å²) in [6.45, 7) is 1.09. The Bertz CT molecular complexity index is 813. The zero-order valence-electron chi connectivity index (χ0n) is 14.2. The van der Waals surface area contributed by atoms with Crippen molar-refractivity contribution in [3.8, 4) is 11.5 Å². The Morgan fingerprint density at radius 2 is 1.72 bits per heavy atom. The van der Waals surface area contributed by atoms with E-state index in [9.17, 15) is 8.42 Å². The van der Waals surface area contributed by atoms with Crippen LogP contribution in [0.4, 0.5) is 0 Å². The van der Waals surface area contributed by atoms with Crippen molar-refractivity contribution in [1.82, 2.24) is 14.5 Å². The van der Waals surface area contributed by atoms with Gasteiger partial charge in [-0.15, -0.1) is 10.2 Å². The van der Waals surface area contributed by atoms with Crippen molar-refractivity contribution in [1.29, 1.82) is 0 Å². The number of hydrogen-bond donors (Lipinski definition) is 0. The summed E-state index contributed by atoms with van der Waals surface area (Å²) in [6, 6.07) is 1.49. The van der Waals surface area contributed by atoms with Crippen LogP contribution in [-0.4, -0.2) is 36.0 Å². The van der Waals surface area contributed by atoms with Crippen molar-refractivity contribution in [3.05, 3.63) is 18.2 Å². The van der Waals surface area contributed by atoms with Crippen LogP contribution in [0.25, 0.3) is 11.5 Å². The summed E-state index contributed by atoms with van der Waals surface area (Å²) in [5.41, 5.74) is 0.519. The molecular formula is C17H23N3O4S. The van der Waals surface area contributed by atoms with E-state index >= 15 is 0 Å². The molecular weight excluding hydrogens is 342 g/mol. The number of hydrogen-bond acceptors (Lipinski definition) is 6. The third-order valence-electron chi connectivity index (χ3n) is 5.13. The van der Waals surface area contributed by atoms with Crippen molar-refractivity contribution in [3.63, 3.8) is 0 Å². The fourth-order valence-corrected chi connectivity index (χ4v) is 5.10. The minimum Gasteiger partial charge on any atom is -0.451 e. The largest absolute Gasteiger partial charge is 0.451 e. The van der Waals surface area contributed by atoms with Crippen LogP contribution in [0.15, 0.2) is 26.3 Å². The highest BCUT2D eigenvalue weighted by molar-refractivity contribution is 7.89. The predicted molar refractivity (Wildman–Crippen MR) is 90.4 cm³/mol. The monoisotopic (exact) mass is 365 g/mol. The van der Waals surface area contributed by atoms with Gasteiger partial charge >= 0.3 is 0 Å². The highest BCUT2D eigenvalue weighted by Gasteiger charge is 2.29. The summed E-state index contributed by atoms with van der Waals surface area (Å²) >= 11 is 0. The number of furan rings is 1. The molecule has 1 saturated carbocycles. The lowest BCUT2D eigenvalue weighted by Crippen LogP contribution is -2.31. The van der Waals surface area contributed by atoms with Gasteiger partial charge in [0.15, 0.2) is 0 Å². The molecule has 0 atom stereocenters. The lowest BCUT2D eigenvalue weighted by molar-refractivity contribution is 0.386. The first kappa shape index (κ1) is 16.8. The van der Waals surface area contributed by atoms with E-state index in [4.69, 9.17) is 8.83 Å². The van der Waals surface area contributed by atoms with Gasteiger partial charge in [-0.2, -0.15) is 4.31 Å². The van der Waals surface area contributed by atoms with Gasteiger partial charge in [0.1, 0.15) is 6.26 Å². The molecule has 1 aliphatic heterocycles. The SMILES string of the molecule is O=S(=O)(c1cc(-c2nnc(C3CCCC3)o2)co1)N1CCCCCC1. The minimum absolute atomic E-state index is 0.0509. The van der Waals surface area contributed by atoms with Crippen LogP contribution < -0.4 is 0 Å². The first-order valence-electron chi connectivity index (χ1n) is 9.07. The van der Waals surface area contributed by atoms with E-state index in [-0.39, 0.29) is 5.09 Å². The van der Waals surface area contributed by atoms with Gasteiger partial charge in [-0.25, -0.2) is 8.42 Å². The minimum atomic E-state index is -3.60. The van der Waals surface area contributed by atoms with Crippen molar-refractivity contribution < 1.29 is 17.3 Å². The molecule has 2 aliphatic rings. The van der Waals surface area contributed by atoms with Gasteiger partial charge in [0.05, 0.1) is 5.56 Å². The average molecular weight is 365 g/mol. The normalized spacial score (nSPS) is 20.8. The quantitative estimate of drug-likeness (QED) is 0.823. The second-order valence-electron chi connectivity index (χ2n) is 6.90. The fourth-order valence-electron chi connectivity index (χ4n) is 3.66. The molecule has 7 nitrogen and oxygen atoms in total. The van der Waals surface area contributed by atoms with E-state index in [1.807, 2.05) is 0 Å². The second kappa shape index (κ2) is 6.92. The van der Waals surface area contributed by atoms with Gasteiger partial charge in [-0.1, -0.05) is 25.7 Å². The van der Waals surface area contributed by atoms with Crippen LogP contribution in [-0.2, 0) is 10.0 Å². The Kier molecular flexibility index (Phi) is 4.64. The number of sulfonamides is 1. The molecule has 2 aromatic rings. The van der Waals surface area contributed by atoms with E-state index in [1.165, 1.54) is 29.5 Å². The topological polar surface area (TPSA) is 89.4 Å². The fraction of sp³-hybridized carbons (Fsp3) is 0.647. The van der Waals surface area contributed by atoms with Crippen LogP contribution in [0.1, 0.15) is 63.2 Å².